The van der Waals surface area contributed by atoms with Crippen LogP contribution in [0.5, 0.6) is 5.75 Å². The third-order valence-electron chi connectivity index (χ3n) is 4.50. The van der Waals surface area contributed by atoms with Crippen molar-refractivity contribution in [2.24, 2.45) is 5.92 Å². The van der Waals surface area contributed by atoms with E-state index in [0.717, 1.165) is 12.8 Å². The van der Waals surface area contributed by atoms with Gasteiger partial charge in [0.15, 0.2) is 0 Å². The highest BCUT2D eigenvalue weighted by molar-refractivity contribution is 5.83. The first-order valence-corrected chi connectivity index (χ1v) is 7.28. The number of hydrogen-bond acceptors (Lipinski definition) is 2. The average molecular weight is 278 g/mol. The van der Waals surface area contributed by atoms with E-state index in [1.807, 2.05) is 0 Å². The second kappa shape index (κ2) is 5.08. The van der Waals surface area contributed by atoms with Gasteiger partial charge in [-0.15, -0.1) is 0 Å². The zero-order valence-electron chi connectivity index (χ0n) is 11.4. The Hall–Kier alpha value is -1.58. The van der Waals surface area contributed by atoms with Crippen molar-refractivity contribution in [2.45, 2.75) is 43.9 Å². The van der Waals surface area contributed by atoms with E-state index in [0.29, 0.717) is 36.7 Å². The summed E-state index contributed by atoms with van der Waals surface area (Å²) in [6.07, 6.45) is 5.19. The Balaban J connectivity index is 1.96. The molecule has 0 bridgehead atoms. The predicted molar refractivity (Wildman–Crippen MR) is 72.4 cm³/mol. The molecule has 0 radical (unpaired) electrons. The van der Waals surface area contributed by atoms with Gasteiger partial charge in [-0.25, -0.2) is 4.39 Å². The first-order valence-electron chi connectivity index (χ1n) is 7.28. The van der Waals surface area contributed by atoms with Crippen molar-refractivity contribution < 1.29 is 19.0 Å². The highest BCUT2D eigenvalue weighted by atomic mass is 19.1. The van der Waals surface area contributed by atoms with Crippen molar-refractivity contribution in [3.05, 3.63) is 29.6 Å². The van der Waals surface area contributed by atoms with Crippen LogP contribution in [0.25, 0.3) is 0 Å². The van der Waals surface area contributed by atoms with Crippen LogP contribution in [0.3, 0.4) is 0 Å². The fraction of sp³-hybridized carbons (Fsp3) is 0.562. The number of hydrogen-bond donors (Lipinski definition) is 1. The Kier molecular flexibility index (Phi) is 3.40. The Morgan fingerprint density at radius 1 is 1.35 bits per heavy atom. The number of rotatable bonds is 5. The minimum atomic E-state index is -0.971. The van der Waals surface area contributed by atoms with Crippen LogP contribution in [-0.4, -0.2) is 17.7 Å². The molecule has 0 amide bonds. The molecule has 1 aromatic rings. The Labute approximate surface area is 117 Å². The molecule has 0 aliphatic heterocycles. The quantitative estimate of drug-likeness (QED) is 0.896. The van der Waals surface area contributed by atoms with E-state index in [4.69, 9.17) is 4.74 Å². The largest absolute Gasteiger partial charge is 0.493 e. The molecule has 3 rings (SSSR count). The molecular weight excluding hydrogens is 259 g/mol. The van der Waals surface area contributed by atoms with E-state index in [2.05, 4.69) is 0 Å². The lowest BCUT2D eigenvalue weighted by atomic mass is 9.78. The minimum Gasteiger partial charge on any atom is -0.493 e. The number of aliphatic carboxylic acids is 1. The van der Waals surface area contributed by atoms with E-state index in [9.17, 15) is 14.3 Å². The second-order valence-corrected chi connectivity index (χ2v) is 5.99. The molecule has 0 unspecified atom stereocenters. The summed E-state index contributed by atoms with van der Waals surface area (Å²) in [6, 6.07) is 4.27. The highest BCUT2D eigenvalue weighted by Gasteiger charge is 2.45. The third-order valence-corrected chi connectivity index (χ3v) is 4.50. The van der Waals surface area contributed by atoms with Crippen molar-refractivity contribution in [1.29, 1.82) is 0 Å². The summed E-state index contributed by atoms with van der Waals surface area (Å²) in [6.45, 7) is 0.605. The molecule has 0 heterocycles. The number of benzene rings is 1. The lowest BCUT2D eigenvalue weighted by Crippen LogP contribution is -2.33. The van der Waals surface area contributed by atoms with Crippen molar-refractivity contribution in [3.8, 4) is 5.75 Å². The monoisotopic (exact) mass is 278 g/mol. The minimum absolute atomic E-state index is 0.397. The lowest BCUT2D eigenvalue weighted by molar-refractivity contribution is -0.143. The highest BCUT2D eigenvalue weighted by Crippen LogP contribution is 2.45. The molecule has 2 saturated carbocycles. The van der Waals surface area contributed by atoms with Crippen LogP contribution in [0.1, 0.15) is 44.1 Å². The summed E-state index contributed by atoms with van der Waals surface area (Å²) in [5.41, 5.74) is -0.454. The van der Waals surface area contributed by atoms with Crippen LogP contribution >= 0.6 is 0 Å². The fourth-order valence-corrected chi connectivity index (χ4v) is 3.07. The maximum atomic E-state index is 13.6. The van der Waals surface area contributed by atoms with Crippen molar-refractivity contribution in [1.82, 2.24) is 0 Å². The Bertz CT molecular complexity index is 516. The van der Waals surface area contributed by atoms with E-state index < -0.39 is 17.2 Å². The number of carboxylic acid groups (broad SMARTS) is 1. The molecular formula is C16H19FO3. The molecule has 0 atom stereocenters. The van der Waals surface area contributed by atoms with Crippen LogP contribution in [0.4, 0.5) is 4.39 Å². The molecule has 108 valence electrons. The topological polar surface area (TPSA) is 46.5 Å². The lowest BCUT2D eigenvalue weighted by Gasteiger charge is -2.26. The van der Waals surface area contributed by atoms with Gasteiger partial charge in [0.25, 0.3) is 0 Å². The maximum absolute atomic E-state index is 13.6. The van der Waals surface area contributed by atoms with Crippen LogP contribution in [0.2, 0.25) is 0 Å². The van der Waals surface area contributed by atoms with E-state index >= 15 is 0 Å². The van der Waals surface area contributed by atoms with E-state index in [1.54, 1.807) is 6.07 Å². The van der Waals surface area contributed by atoms with Gasteiger partial charge in [0, 0.05) is 5.56 Å². The number of carbonyl (C=O) groups is 1. The van der Waals surface area contributed by atoms with E-state index in [-0.39, 0.29) is 0 Å². The maximum Gasteiger partial charge on any atom is 0.314 e. The van der Waals surface area contributed by atoms with E-state index in [1.165, 1.54) is 25.0 Å². The zero-order valence-corrected chi connectivity index (χ0v) is 11.4. The van der Waals surface area contributed by atoms with Crippen molar-refractivity contribution in [3.63, 3.8) is 0 Å². The molecule has 0 spiro atoms. The summed E-state index contributed by atoms with van der Waals surface area (Å²) in [5.74, 6) is -0.136. The van der Waals surface area contributed by atoms with Crippen molar-refractivity contribution >= 4 is 5.97 Å². The van der Waals surface area contributed by atoms with Crippen LogP contribution in [0.15, 0.2) is 18.2 Å². The van der Waals surface area contributed by atoms with Gasteiger partial charge < -0.3 is 9.84 Å². The number of ether oxygens (including phenoxy) is 1. The van der Waals surface area contributed by atoms with Crippen LogP contribution < -0.4 is 4.74 Å². The van der Waals surface area contributed by atoms with Crippen molar-refractivity contribution in [2.75, 3.05) is 6.61 Å². The second-order valence-electron chi connectivity index (χ2n) is 5.99. The standard InChI is InChI=1S/C16H19FO3/c17-12-5-6-14(20-10-11-3-4-11)13(9-12)16(15(18)19)7-1-2-8-16/h5-6,9,11H,1-4,7-8,10H2,(H,18,19). The molecule has 20 heavy (non-hydrogen) atoms. The fourth-order valence-electron chi connectivity index (χ4n) is 3.07. The predicted octanol–water partition coefficient (Wildman–Crippen LogP) is 3.51. The summed E-state index contributed by atoms with van der Waals surface area (Å²) in [4.78, 5) is 11.8. The van der Waals surface area contributed by atoms with Gasteiger partial charge in [0.1, 0.15) is 11.6 Å². The average Bonchev–Trinajstić information content (AvgIpc) is 3.11. The SMILES string of the molecule is O=C(O)C1(c2cc(F)ccc2OCC2CC2)CCCC1. The van der Waals surface area contributed by atoms with Crippen LogP contribution in [-0.2, 0) is 10.2 Å². The first-order chi connectivity index (χ1) is 9.62. The van der Waals surface area contributed by atoms with Gasteiger partial charge in [-0.1, -0.05) is 12.8 Å². The summed E-state index contributed by atoms with van der Waals surface area (Å²) in [7, 11) is 0. The molecule has 2 aliphatic rings. The molecule has 0 aromatic heterocycles. The summed E-state index contributed by atoms with van der Waals surface area (Å²) >= 11 is 0. The van der Waals surface area contributed by atoms with Crippen LogP contribution in [0, 0.1) is 11.7 Å². The molecule has 2 aliphatic carbocycles. The van der Waals surface area contributed by atoms with Gasteiger partial charge in [0.05, 0.1) is 12.0 Å². The smallest absolute Gasteiger partial charge is 0.314 e. The molecule has 0 saturated heterocycles. The van der Waals surface area contributed by atoms with Gasteiger partial charge >= 0.3 is 5.97 Å². The third kappa shape index (κ3) is 2.39. The normalized spacial score (nSPS) is 20.9. The van der Waals surface area contributed by atoms with Gasteiger partial charge in [-0.3, -0.25) is 4.79 Å². The molecule has 1 aromatic carbocycles. The number of halogens is 1. The first kappa shape index (κ1) is 13.4. The van der Waals surface area contributed by atoms with Gasteiger partial charge in [-0.05, 0) is 49.8 Å². The number of carboxylic acids is 1. The van der Waals surface area contributed by atoms with Gasteiger partial charge in [0.2, 0.25) is 0 Å². The van der Waals surface area contributed by atoms with Gasteiger partial charge in [-0.2, -0.15) is 0 Å². The molecule has 3 nitrogen and oxygen atoms in total. The summed E-state index contributed by atoms with van der Waals surface area (Å²) < 4.78 is 19.4. The molecule has 4 heteroatoms. The molecule has 1 N–H and O–H groups in total. The Morgan fingerprint density at radius 3 is 2.65 bits per heavy atom. The zero-order chi connectivity index (χ0) is 14.2. The Morgan fingerprint density at radius 2 is 2.05 bits per heavy atom. The molecule has 2 fully saturated rings. The summed E-state index contributed by atoms with van der Waals surface area (Å²) in [5, 5.41) is 9.64.